The van der Waals surface area contributed by atoms with E-state index in [1.54, 1.807) is 0 Å². The van der Waals surface area contributed by atoms with E-state index in [2.05, 4.69) is 37.1 Å². The lowest BCUT2D eigenvalue weighted by Crippen LogP contribution is -2.08. The summed E-state index contributed by atoms with van der Waals surface area (Å²) in [6.45, 7) is 7.76. The monoisotopic (exact) mass is 190 g/mol. The lowest BCUT2D eigenvalue weighted by Gasteiger charge is -2.06. The minimum absolute atomic E-state index is 0.553. The van der Waals surface area contributed by atoms with Gasteiger partial charge in [-0.2, -0.15) is 0 Å². The lowest BCUT2D eigenvalue weighted by atomic mass is 10.1. The highest BCUT2D eigenvalue weighted by Gasteiger charge is 2.44. The first kappa shape index (κ1) is 9.50. The van der Waals surface area contributed by atoms with Crippen LogP contribution in [0.4, 0.5) is 5.82 Å². The molecular formula is C12H18N2. The molecule has 0 aromatic carbocycles. The fourth-order valence-electron chi connectivity index (χ4n) is 1.72. The van der Waals surface area contributed by atoms with Crippen LogP contribution in [0, 0.1) is 18.3 Å². The topological polar surface area (TPSA) is 24.9 Å². The van der Waals surface area contributed by atoms with Crippen molar-refractivity contribution in [2.24, 2.45) is 11.3 Å². The first-order valence-electron chi connectivity index (χ1n) is 5.24. The Hall–Kier alpha value is -1.05. The second-order valence-corrected chi connectivity index (χ2v) is 4.99. The van der Waals surface area contributed by atoms with Gasteiger partial charge in [0.1, 0.15) is 5.82 Å². The smallest absolute Gasteiger partial charge is 0.125 e. The summed E-state index contributed by atoms with van der Waals surface area (Å²) in [6.07, 6.45) is 3.24. The van der Waals surface area contributed by atoms with Gasteiger partial charge in [-0.25, -0.2) is 4.98 Å². The van der Waals surface area contributed by atoms with Crippen LogP contribution in [0.3, 0.4) is 0 Å². The summed E-state index contributed by atoms with van der Waals surface area (Å²) < 4.78 is 0. The highest BCUT2D eigenvalue weighted by atomic mass is 15.0. The number of aromatic nitrogens is 1. The lowest BCUT2D eigenvalue weighted by molar-refractivity contribution is 0.573. The highest BCUT2D eigenvalue weighted by Crippen LogP contribution is 2.51. The molecule has 2 rings (SSSR count). The van der Waals surface area contributed by atoms with E-state index >= 15 is 0 Å². The molecule has 1 N–H and O–H groups in total. The van der Waals surface area contributed by atoms with E-state index in [0.717, 1.165) is 18.3 Å². The van der Waals surface area contributed by atoms with E-state index in [-0.39, 0.29) is 0 Å². The first-order chi connectivity index (χ1) is 6.58. The van der Waals surface area contributed by atoms with Gasteiger partial charge in [0.05, 0.1) is 0 Å². The number of aryl methyl sites for hydroxylation is 1. The van der Waals surface area contributed by atoms with Crippen LogP contribution in [0.2, 0.25) is 0 Å². The van der Waals surface area contributed by atoms with Crippen molar-refractivity contribution in [3.63, 3.8) is 0 Å². The van der Waals surface area contributed by atoms with Crippen molar-refractivity contribution in [2.75, 3.05) is 11.9 Å². The molecule has 14 heavy (non-hydrogen) atoms. The molecule has 0 amide bonds. The van der Waals surface area contributed by atoms with Gasteiger partial charge in [0.15, 0.2) is 0 Å². The standard InChI is InChI=1S/C12H18N2/c1-9-4-5-11(13-7-9)14-8-10-6-12(10,2)3/h4-5,7,10H,6,8H2,1-3H3,(H,13,14). The summed E-state index contributed by atoms with van der Waals surface area (Å²) in [5, 5.41) is 3.38. The Morgan fingerprint density at radius 3 is 2.71 bits per heavy atom. The maximum absolute atomic E-state index is 4.31. The summed E-state index contributed by atoms with van der Waals surface area (Å²) in [7, 11) is 0. The average molecular weight is 190 g/mol. The predicted molar refractivity (Wildman–Crippen MR) is 59.4 cm³/mol. The van der Waals surface area contributed by atoms with Crippen molar-refractivity contribution in [3.8, 4) is 0 Å². The molecule has 76 valence electrons. The van der Waals surface area contributed by atoms with E-state index < -0.39 is 0 Å². The predicted octanol–water partition coefficient (Wildman–Crippen LogP) is 2.85. The Balaban J connectivity index is 1.84. The average Bonchev–Trinajstić information content (AvgIpc) is 2.73. The van der Waals surface area contributed by atoms with E-state index in [4.69, 9.17) is 0 Å². The highest BCUT2D eigenvalue weighted by molar-refractivity contribution is 5.35. The number of rotatable bonds is 3. The third-order valence-electron chi connectivity index (χ3n) is 3.16. The van der Waals surface area contributed by atoms with E-state index in [1.165, 1.54) is 12.0 Å². The zero-order valence-electron chi connectivity index (χ0n) is 9.17. The molecule has 1 fully saturated rings. The summed E-state index contributed by atoms with van der Waals surface area (Å²) in [4.78, 5) is 4.31. The number of hydrogen-bond donors (Lipinski definition) is 1. The van der Waals surface area contributed by atoms with Crippen LogP contribution in [-0.4, -0.2) is 11.5 Å². The van der Waals surface area contributed by atoms with Crippen LogP contribution in [0.5, 0.6) is 0 Å². The number of nitrogens with one attached hydrogen (secondary N) is 1. The molecule has 1 saturated carbocycles. The van der Waals surface area contributed by atoms with Gasteiger partial charge in [0, 0.05) is 12.7 Å². The van der Waals surface area contributed by atoms with E-state index in [9.17, 15) is 0 Å². The van der Waals surface area contributed by atoms with Crippen LogP contribution < -0.4 is 5.32 Å². The molecule has 0 aliphatic heterocycles. The van der Waals surface area contributed by atoms with Crippen molar-refractivity contribution in [1.82, 2.24) is 4.98 Å². The van der Waals surface area contributed by atoms with Crippen LogP contribution >= 0.6 is 0 Å². The largest absolute Gasteiger partial charge is 0.370 e. The van der Waals surface area contributed by atoms with Crippen LogP contribution in [0.1, 0.15) is 25.8 Å². The Labute approximate surface area is 85.7 Å². The van der Waals surface area contributed by atoms with Gasteiger partial charge in [-0.15, -0.1) is 0 Å². The summed E-state index contributed by atoms with van der Waals surface area (Å²) in [5.74, 6) is 1.82. The van der Waals surface area contributed by atoms with Gasteiger partial charge >= 0.3 is 0 Å². The molecule has 1 aliphatic rings. The van der Waals surface area contributed by atoms with Gasteiger partial charge < -0.3 is 5.32 Å². The zero-order valence-corrected chi connectivity index (χ0v) is 9.17. The van der Waals surface area contributed by atoms with E-state index in [1.807, 2.05) is 12.3 Å². The third-order valence-corrected chi connectivity index (χ3v) is 3.16. The Morgan fingerprint density at radius 1 is 1.50 bits per heavy atom. The molecule has 1 aromatic heterocycles. The summed E-state index contributed by atoms with van der Waals surface area (Å²) in [5.41, 5.74) is 1.76. The third kappa shape index (κ3) is 2.06. The van der Waals surface area contributed by atoms with Crippen molar-refractivity contribution >= 4 is 5.82 Å². The SMILES string of the molecule is Cc1ccc(NCC2CC2(C)C)nc1. The molecule has 1 aliphatic carbocycles. The van der Waals surface area contributed by atoms with Crippen LogP contribution in [0.15, 0.2) is 18.3 Å². The number of hydrogen-bond acceptors (Lipinski definition) is 2. The van der Waals surface area contributed by atoms with Gasteiger partial charge in [0.25, 0.3) is 0 Å². The molecule has 1 atom stereocenters. The minimum Gasteiger partial charge on any atom is -0.370 e. The summed E-state index contributed by atoms with van der Waals surface area (Å²) >= 11 is 0. The normalized spacial score (nSPS) is 23.2. The van der Waals surface area contributed by atoms with Crippen molar-refractivity contribution in [2.45, 2.75) is 27.2 Å². The molecule has 1 aromatic rings. The molecular weight excluding hydrogens is 172 g/mol. The van der Waals surface area contributed by atoms with Gasteiger partial charge in [-0.3, -0.25) is 0 Å². The number of pyridine rings is 1. The maximum Gasteiger partial charge on any atom is 0.125 e. The Kier molecular flexibility index (Phi) is 2.22. The van der Waals surface area contributed by atoms with Crippen LogP contribution in [0.25, 0.3) is 0 Å². The molecule has 0 bridgehead atoms. The second kappa shape index (κ2) is 3.26. The molecule has 0 spiro atoms. The minimum atomic E-state index is 0.553. The van der Waals surface area contributed by atoms with Gasteiger partial charge in [-0.1, -0.05) is 19.9 Å². The van der Waals surface area contributed by atoms with E-state index in [0.29, 0.717) is 5.41 Å². The Morgan fingerprint density at radius 2 is 2.21 bits per heavy atom. The first-order valence-corrected chi connectivity index (χ1v) is 5.24. The molecule has 2 heteroatoms. The zero-order chi connectivity index (χ0) is 10.2. The molecule has 0 saturated heterocycles. The Bertz CT molecular complexity index is 314. The molecule has 2 nitrogen and oxygen atoms in total. The number of nitrogens with zero attached hydrogens (tertiary/aromatic N) is 1. The molecule has 1 unspecified atom stereocenters. The molecule has 1 heterocycles. The van der Waals surface area contributed by atoms with Crippen molar-refractivity contribution < 1.29 is 0 Å². The maximum atomic E-state index is 4.31. The van der Waals surface area contributed by atoms with Crippen molar-refractivity contribution in [1.29, 1.82) is 0 Å². The molecule has 0 radical (unpaired) electrons. The quantitative estimate of drug-likeness (QED) is 0.792. The van der Waals surface area contributed by atoms with Crippen molar-refractivity contribution in [3.05, 3.63) is 23.9 Å². The summed E-state index contributed by atoms with van der Waals surface area (Å²) in [6, 6.07) is 4.14. The second-order valence-electron chi connectivity index (χ2n) is 4.99. The van der Waals surface area contributed by atoms with Crippen LogP contribution in [-0.2, 0) is 0 Å². The van der Waals surface area contributed by atoms with Gasteiger partial charge in [0.2, 0.25) is 0 Å². The fourth-order valence-corrected chi connectivity index (χ4v) is 1.72. The van der Waals surface area contributed by atoms with Gasteiger partial charge in [-0.05, 0) is 36.3 Å². The number of anilines is 1. The fraction of sp³-hybridized carbons (Fsp3) is 0.583.